The minimum absolute atomic E-state index is 0.0637. The van der Waals surface area contributed by atoms with Crippen molar-refractivity contribution in [3.05, 3.63) is 39.9 Å². The summed E-state index contributed by atoms with van der Waals surface area (Å²) in [6.07, 6.45) is 0.706. The number of carbonyl (C=O) groups excluding carboxylic acids is 1. The summed E-state index contributed by atoms with van der Waals surface area (Å²) in [5.41, 5.74) is 0.400. The first-order chi connectivity index (χ1) is 6.75. The Morgan fingerprint density at radius 3 is 3.07 bits per heavy atom. The highest BCUT2D eigenvalue weighted by Gasteiger charge is 2.08. The quantitative estimate of drug-likeness (QED) is 0.726. The van der Waals surface area contributed by atoms with Gasteiger partial charge in [-0.15, -0.1) is 11.3 Å². The fraction of sp³-hybridized carbons (Fsp3) is 0.200. The van der Waals surface area contributed by atoms with Gasteiger partial charge in [-0.25, -0.2) is 0 Å². The maximum absolute atomic E-state index is 10.9. The molecule has 14 heavy (non-hydrogen) atoms. The first-order valence-corrected chi connectivity index (χ1v) is 5.12. The summed E-state index contributed by atoms with van der Waals surface area (Å²) in [5, 5.41) is 5.69. The molecule has 0 N–H and O–H groups in total. The van der Waals surface area contributed by atoms with Crippen LogP contribution in [0.5, 0.6) is 0 Å². The summed E-state index contributed by atoms with van der Waals surface area (Å²) in [5.74, 6) is 0.670. The summed E-state index contributed by atoms with van der Waals surface area (Å²) in [6, 6.07) is 5.71. The highest BCUT2D eigenvalue weighted by molar-refractivity contribution is 7.09. The Kier molecular flexibility index (Phi) is 2.45. The minimum atomic E-state index is -0.0637. The first kappa shape index (κ1) is 9.15. The lowest BCUT2D eigenvalue weighted by Gasteiger charge is -1.88. The summed E-state index contributed by atoms with van der Waals surface area (Å²) in [6.45, 7) is 1.48. The topological polar surface area (TPSA) is 43.1 Å². The zero-order valence-corrected chi connectivity index (χ0v) is 8.50. The molecule has 0 saturated carbocycles. The third kappa shape index (κ3) is 1.90. The van der Waals surface area contributed by atoms with Crippen LogP contribution in [0.2, 0.25) is 0 Å². The van der Waals surface area contributed by atoms with Crippen LogP contribution < -0.4 is 0 Å². The predicted octanol–water partition coefficient (Wildman–Crippen LogP) is 2.53. The van der Waals surface area contributed by atoms with Gasteiger partial charge in [0, 0.05) is 24.3 Å². The molecule has 0 atom stereocenters. The fourth-order valence-corrected chi connectivity index (χ4v) is 1.86. The number of hydrogen-bond donors (Lipinski definition) is 0. The van der Waals surface area contributed by atoms with Crippen LogP contribution in [-0.4, -0.2) is 10.9 Å². The van der Waals surface area contributed by atoms with Crippen LogP contribution in [0.15, 0.2) is 28.1 Å². The Morgan fingerprint density at radius 2 is 2.50 bits per heavy atom. The molecule has 0 aliphatic carbocycles. The smallest absolute Gasteiger partial charge is 0.181 e. The van der Waals surface area contributed by atoms with Gasteiger partial charge in [0.25, 0.3) is 0 Å². The number of thiophene rings is 1. The molecule has 0 aromatic carbocycles. The number of aromatic nitrogens is 1. The lowest BCUT2D eigenvalue weighted by molar-refractivity contribution is 0.100. The van der Waals surface area contributed by atoms with Gasteiger partial charge < -0.3 is 4.52 Å². The van der Waals surface area contributed by atoms with Gasteiger partial charge in [0.2, 0.25) is 0 Å². The van der Waals surface area contributed by atoms with Crippen molar-refractivity contribution in [3.8, 4) is 0 Å². The van der Waals surface area contributed by atoms with Crippen molar-refractivity contribution in [2.45, 2.75) is 13.3 Å². The van der Waals surface area contributed by atoms with Crippen molar-refractivity contribution in [2.24, 2.45) is 0 Å². The third-order valence-corrected chi connectivity index (χ3v) is 2.72. The number of nitrogens with zero attached hydrogens (tertiary/aromatic N) is 1. The standard InChI is InChI=1S/C10H9NO2S/c1-7(12)10-6-8(13-11-10)5-9-3-2-4-14-9/h2-4,6H,5H2,1H3. The molecule has 0 unspecified atom stereocenters. The minimum Gasteiger partial charge on any atom is -0.360 e. The molecule has 0 bridgehead atoms. The van der Waals surface area contributed by atoms with E-state index >= 15 is 0 Å². The highest BCUT2D eigenvalue weighted by atomic mass is 32.1. The highest BCUT2D eigenvalue weighted by Crippen LogP contribution is 2.15. The Hall–Kier alpha value is -1.42. The van der Waals surface area contributed by atoms with Crippen LogP contribution in [0.3, 0.4) is 0 Å². The van der Waals surface area contributed by atoms with E-state index in [1.807, 2.05) is 17.5 Å². The second-order valence-electron chi connectivity index (χ2n) is 2.99. The Morgan fingerprint density at radius 1 is 1.64 bits per heavy atom. The van der Waals surface area contributed by atoms with Crippen LogP contribution in [-0.2, 0) is 6.42 Å². The van der Waals surface area contributed by atoms with E-state index < -0.39 is 0 Å². The molecule has 2 aromatic rings. The molecule has 72 valence electrons. The van der Waals surface area contributed by atoms with Gasteiger partial charge in [-0.3, -0.25) is 4.79 Å². The van der Waals surface area contributed by atoms with E-state index in [1.54, 1.807) is 17.4 Å². The second-order valence-corrected chi connectivity index (χ2v) is 4.02. The number of carbonyl (C=O) groups is 1. The fourth-order valence-electron chi connectivity index (χ4n) is 1.15. The maximum atomic E-state index is 10.9. The molecule has 2 rings (SSSR count). The number of ketones is 1. The Balaban J connectivity index is 2.14. The lowest BCUT2D eigenvalue weighted by Crippen LogP contribution is -1.89. The summed E-state index contributed by atoms with van der Waals surface area (Å²) < 4.78 is 5.04. The van der Waals surface area contributed by atoms with E-state index in [0.717, 1.165) is 5.76 Å². The van der Waals surface area contributed by atoms with E-state index in [2.05, 4.69) is 5.16 Å². The number of Topliss-reactive ketones (excluding diaryl/α,β-unsaturated/α-hetero) is 1. The third-order valence-electron chi connectivity index (χ3n) is 1.85. The molecule has 0 aliphatic heterocycles. The van der Waals surface area contributed by atoms with Crippen LogP contribution in [0, 0.1) is 0 Å². The Labute approximate surface area is 85.4 Å². The molecule has 0 amide bonds. The molecule has 0 fully saturated rings. The predicted molar refractivity (Wildman–Crippen MR) is 53.6 cm³/mol. The van der Waals surface area contributed by atoms with Crippen molar-refractivity contribution >= 4 is 17.1 Å². The van der Waals surface area contributed by atoms with Crippen molar-refractivity contribution in [2.75, 3.05) is 0 Å². The molecule has 0 radical (unpaired) electrons. The first-order valence-electron chi connectivity index (χ1n) is 4.24. The summed E-state index contributed by atoms with van der Waals surface area (Å²) >= 11 is 1.66. The largest absolute Gasteiger partial charge is 0.360 e. The zero-order chi connectivity index (χ0) is 9.97. The second kappa shape index (κ2) is 3.75. The summed E-state index contributed by atoms with van der Waals surface area (Å²) in [4.78, 5) is 12.1. The monoisotopic (exact) mass is 207 g/mol. The van der Waals surface area contributed by atoms with Gasteiger partial charge in [0.15, 0.2) is 5.78 Å². The number of hydrogen-bond acceptors (Lipinski definition) is 4. The van der Waals surface area contributed by atoms with Crippen molar-refractivity contribution < 1.29 is 9.32 Å². The SMILES string of the molecule is CC(=O)c1cc(Cc2cccs2)on1. The molecule has 3 nitrogen and oxygen atoms in total. The molecule has 0 saturated heterocycles. The molecule has 0 aliphatic rings. The molecular weight excluding hydrogens is 198 g/mol. The van der Waals surface area contributed by atoms with Gasteiger partial charge in [-0.2, -0.15) is 0 Å². The van der Waals surface area contributed by atoms with E-state index in [0.29, 0.717) is 12.1 Å². The van der Waals surface area contributed by atoms with Crippen molar-refractivity contribution in [1.82, 2.24) is 5.16 Å². The van der Waals surface area contributed by atoms with Crippen LogP contribution in [0.1, 0.15) is 28.0 Å². The van der Waals surface area contributed by atoms with Crippen molar-refractivity contribution in [3.63, 3.8) is 0 Å². The average Bonchev–Trinajstić information content (AvgIpc) is 2.75. The Bertz CT molecular complexity index is 431. The van der Waals surface area contributed by atoms with E-state index in [-0.39, 0.29) is 5.78 Å². The van der Waals surface area contributed by atoms with Crippen LogP contribution in [0.25, 0.3) is 0 Å². The normalized spacial score (nSPS) is 10.4. The van der Waals surface area contributed by atoms with Crippen LogP contribution in [0.4, 0.5) is 0 Å². The maximum Gasteiger partial charge on any atom is 0.181 e. The van der Waals surface area contributed by atoms with Gasteiger partial charge in [0.05, 0.1) is 0 Å². The van der Waals surface area contributed by atoms with Gasteiger partial charge in [-0.1, -0.05) is 11.2 Å². The molecular formula is C10H9NO2S. The average molecular weight is 207 g/mol. The number of rotatable bonds is 3. The molecule has 0 spiro atoms. The molecule has 4 heteroatoms. The van der Waals surface area contributed by atoms with E-state index in [9.17, 15) is 4.79 Å². The van der Waals surface area contributed by atoms with E-state index in [4.69, 9.17) is 4.52 Å². The van der Waals surface area contributed by atoms with E-state index in [1.165, 1.54) is 11.8 Å². The van der Waals surface area contributed by atoms with Gasteiger partial charge in [0.1, 0.15) is 11.5 Å². The molecule has 2 heterocycles. The summed E-state index contributed by atoms with van der Waals surface area (Å²) in [7, 11) is 0. The molecule has 2 aromatic heterocycles. The van der Waals surface area contributed by atoms with Gasteiger partial charge >= 0.3 is 0 Å². The lowest BCUT2D eigenvalue weighted by atomic mass is 10.2. The van der Waals surface area contributed by atoms with Crippen LogP contribution >= 0.6 is 11.3 Å². The van der Waals surface area contributed by atoms with Gasteiger partial charge in [-0.05, 0) is 11.4 Å². The zero-order valence-electron chi connectivity index (χ0n) is 7.69. The van der Waals surface area contributed by atoms with Crippen molar-refractivity contribution in [1.29, 1.82) is 0 Å².